The Labute approximate surface area is 224 Å². The van der Waals surface area contributed by atoms with Crippen molar-refractivity contribution in [2.45, 2.75) is 27.7 Å². The Morgan fingerprint density at radius 2 is 1.79 bits per heavy atom. The van der Waals surface area contributed by atoms with Crippen molar-refractivity contribution in [3.63, 3.8) is 0 Å². The van der Waals surface area contributed by atoms with Crippen LogP contribution in [0.5, 0.6) is 11.5 Å². The van der Waals surface area contributed by atoms with Gasteiger partial charge in [0.25, 0.3) is 5.91 Å². The molecule has 38 heavy (non-hydrogen) atoms. The third kappa shape index (κ3) is 6.22. The molecule has 194 valence electrons. The molecule has 0 aliphatic carbocycles. The van der Waals surface area contributed by atoms with Crippen molar-refractivity contribution in [3.8, 4) is 17.6 Å². The number of carbonyl (C=O) groups excluding carboxylic acids is 1. The lowest BCUT2D eigenvalue weighted by atomic mass is 9.97. The summed E-state index contributed by atoms with van der Waals surface area (Å²) in [6, 6.07) is 21.1. The van der Waals surface area contributed by atoms with E-state index in [0.717, 1.165) is 33.5 Å². The van der Waals surface area contributed by atoms with Crippen LogP contribution < -0.4 is 20.3 Å². The van der Waals surface area contributed by atoms with Crippen LogP contribution >= 0.6 is 0 Å². The minimum atomic E-state index is -0.101. The minimum Gasteiger partial charge on any atom is -0.457 e. The molecular formula is C31H33N5O2. The summed E-state index contributed by atoms with van der Waals surface area (Å²) in [6.07, 6.45) is 1.59. The van der Waals surface area contributed by atoms with Gasteiger partial charge in [-0.05, 0) is 78.6 Å². The van der Waals surface area contributed by atoms with E-state index in [-0.39, 0.29) is 11.3 Å². The lowest BCUT2D eigenvalue weighted by Gasteiger charge is -2.18. The van der Waals surface area contributed by atoms with E-state index in [1.54, 1.807) is 30.5 Å². The molecule has 0 saturated heterocycles. The first-order chi connectivity index (χ1) is 18.0. The number of fused-ring (bicyclic) bond motifs is 1. The van der Waals surface area contributed by atoms with Gasteiger partial charge >= 0.3 is 0 Å². The maximum atomic E-state index is 12.4. The number of nitrogens with one attached hydrogen (secondary N) is 2. The molecule has 7 nitrogen and oxygen atoms in total. The van der Waals surface area contributed by atoms with E-state index in [0.29, 0.717) is 29.2 Å². The highest BCUT2D eigenvalue weighted by Gasteiger charge is 2.14. The lowest BCUT2D eigenvalue weighted by molar-refractivity contribution is 0.0939. The number of aryl methyl sites for hydroxylation is 1. The fourth-order valence-electron chi connectivity index (χ4n) is 3.91. The summed E-state index contributed by atoms with van der Waals surface area (Å²) >= 11 is 0. The highest BCUT2D eigenvalue weighted by atomic mass is 16.5. The number of benzene rings is 3. The fraction of sp³-hybridized carbons (Fsp3) is 0.258. The number of carbonyl (C=O) groups is 1. The smallest absolute Gasteiger partial charge is 0.251 e. The van der Waals surface area contributed by atoms with E-state index in [4.69, 9.17) is 4.74 Å². The molecule has 0 radical (unpaired) electrons. The Balaban J connectivity index is 1.52. The van der Waals surface area contributed by atoms with Crippen molar-refractivity contribution >= 4 is 33.9 Å². The average molecular weight is 508 g/mol. The summed E-state index contributed by atoms with van der Waals surface area (Å²) < 4.78 is 6.09. The van der Waals surface area contributed by atoms with Gasteiger partial charge in [0.2, 0.25) is 0 Å². The van der Waals surface area contributed by atoms with Crippen LogP contribution in [0, 0.1) is 23.7 Å². The molecule has 0 saturated carbocycles. The highest BCUT2D eigenvalue weighted by molar-refractivity contribution is 5.97. The standard InChI is InChI=1S/C31H33N5O2/c1-20-15-23(35-29-22(17-32)18-33-27-13-10-24(36(5)6)16-26(27)29)9-14-28(20)38-25-11-7-21(8-12-25)30(37)34-19-31(2,3)4/h7-16,18H,19H2,1-6H3,(H,33,35)(H,34,37). The molecule has 2 N–H and O–H groups in total. The Kier molecular flexibility index (Phi) is 7.54. The Morgan fingerprint density at radius 1 is 1.05 bits per heavy atom. The molecule has 0 bridgehead atoms. The first-order valence-corrected chi connectivity index (χ1v) is 12.5. The van der Waals surface area contributed by atoms with Gasteiger partial charge in [-0.2, -0.15) is 5.26 Å². The second kappa shape index (κ2) is 10.8. The second-order valence-electron chi connectivity index (χ2n) is 10.7. The van der Waals surface area contributed by atoms with Crippen molar-refractivity contribution in [2.75, 3.05) is 30.9 Å². The molecule has 0 aliphatic rings. The van der Waals surface area contributed by atoms with E-state index in [9.17, 15) is 10.1 Å². The van der Waals surface area contributed by atoms with Crippen LogP contribution in [0.4, 0.5) is 17.1 Å². The first kappa shape index (κ1) is 26.5. The lowest BCUT2D eigenvalue weighted by Crippen LogP contribution is -2.32. The molecule has 0 aliphatic heterocycles. The zero-order valence-corrected chi connectivity index (χ0v) is 22.7. The topological polar surface area (TPSA) is 90.3 Å². The minimum absolute atomic E-state index is 0.0209. The largest absolute Gasteiger partial charge is 0.457 e. The molecule has 0 unspecified atom stereocenters. The van der Waals surface area contributed by atoms with E-state index in [1.807, 2.05) is 62.3 Å². The number of hydrogen-bond acceptors (Lipinski definition) is 6. The number of amides is 1. The maximum Gasteiger partial charge on any atom is 0.251 e. The van der Waals surface area contributed by atoms with Crippen LogP contribution in [0.25, 0.3) is 10.9 Å². The van der Waals surface area contributed by atoms with Gasteiger partial charge in [0, 0.05) is 49.2 Å². The quantitative estimate of drug-likeness (QED) is 0.286. The zero-order chi connectivity index (χ0) is 27.4. The number of anilines is 3. The third-order valence-electron chi connectivity index (χ3n) is 6.06. The molecule has 0 spiro atoms. The SMILES string of the molecule is Cc1cc(Nc2c(C#N)cnc3ccc(N(C)C)cc23)ccc1Oc1ccc(C(=O)NCC(C)(C)C)cc1. The van der Waals surface area contributed by atoms with Crippen LogP contribution in [0.15, 0.2) is 66.9 Å². The van der Waals surface area contributed by atoms with Gasteiger partial charge in [-0.25, -0.2) is 0 Å². The van der Waals surface area contributed by atoms with Crippen LogP contribution in [0.3, 0.4) is 0 Å². The zero-order valence-electron chi connectivity index (χ0n) is 22.7. The summed E-state index contributed by atoms with van der Waals surface area (Å²) in [4.78, 5) is 18.9. The maximum absolute atomic E-state index is 12.4. The summed E-state index contributed by atoms with van der Waals surface area (Å²) in [5.41, 5.74) is 5.39. The molecule has 0 atom stereocenters. The summed E-state index contributed by atoms with van der Waals surface area (Å²) in [5.74, 6) is 1.25. The van der Waals surface area contributed by atoms with Gasteiger partial charge < -0.3 is 20.3 Å². The van der Waals surface area contributed by atoms with Gasteiger partial charge in [0.05, 0.1) is 16.8 Å². The van der Waals surface area contributed by atoms with Crippen LogP contribution in [-0.4, -0.2) is 31.5 Å². The highest BCUT2D eigenvalue weighted by Crippen LogP contribution is 2.33. The van der Waals surface area contributed by atoms with Crippen molar-refractivity contribution in [3.05, 3.63) is 83.6 Å². The van der Waals surface area contributed by atoms with Crippen molar-refractivity contribution in [1.82, 2.24) is 10.3 Å². The Hall–Kier alpha value is -4.57. The normalized spacial score (nSPS) is 11.1. The summed E-state index contributed by atoms with van der Waals surface area (Å²) in [5, 5.41) is 17.0. The number of rotatable bonds is 7. The molecule has 4 aromatic rings. The monoisotopic (exact) mass is 507 g/mol. The number of ether oxygens (including phenoxy) is 1. The van der Waals surface area contributed by atoms with Crippen molar-refractivity contribution in [1.29, 1.82) is 5.26 Å². The summed E-state index contributed by atoms with van der Waals surface area (Å²) in [7, 11) is 3.96. The summed E-state index contributed by atoms with van der Waals surface area (Å²) in [6.45, 7) is 8.81. The third-order valence-corrected chi connectivity index (χ3v) is 6.06. The van der Waals surface area contributed by atoms with Crippen molar-refractivity contribution in [2.24, 2.45) is 5.41 Å². The number of nitriles is 1. The van der Waals surface area contributed by atoms with Gasteiger partial charge in [0.15, 0.2) is 0 Å². The molecular weight excluding hydrogens is 474 g/mol. The van der Waals surface area contributed by atoms with E-state index < -0.39 is 0 Å². The fourth-order valence-corrected chi connectivity index (χ4v) is 3.91. The van der Waals surface area contributed by atoms with Crippen LogP contribution in [0.1, 0.15) is 42.3 Å². The van der Waals surface area contributed by atoms with Gasteiger partial charge in [-0.3, -0.25) is 9.78 Å². The van der Waals surface area contributed by atoms with Gasteiger partial charge in [-0.1, -0.05) is 20.8 Å². The molecule has 4 rings (SSSR count). The molecule has 7 heteroatoms. The Morgan fingerprint density at radius 3 is 2.42 bits per heavy atom. The predicted molar refractivity (Wildman–Crippen MR) is 154 cm³/mol. The second-order valence-corrected chi connectivity index (χ2v) is 10.7. The van der Waals surface area contributed by atoms with E-state index >= 15 is 0 Å². The molecule has 1 amide bonds. The molecule has 1 heterocycles. The predicted octanol–water partition coefficient (Wildman–Crippen LogP) is 6.79. The number of pyridine rings is 1. The van der Waals surface area contributed by atoms with Gasteiger partial charge in [-0.15, -0.1) is 0 Å². The van der Waals surface area contributed by atoms with Gasteiger partial charge in [0.1, 0.15) is 17.6 Å². The Bertz CT molecular complexity index is 1510. The number of nitrogens with zero attached hydrogens (tertiary/aromatic N) is 3. The number of aromatic nitrogens is 1. The molecule has 0 fully saturated rings. The van der Waals surface area contributed by atoms with Crippen LogP contribution in [-0.2, 0) is 0 Å². The van der Waals surface area contributed by atoms with E-state index in [2.05, 4.69) is 42.5 Å². The van der Waals surface area contributed by atoms with Crippen molar-refractivity contribution < 1.29 is 9.53 Å². The number of hydrogen-bond donors (Lipinski definition) is 2. The van der Waals surface area contributed by atoms with Crippen LogP contribution in [0.2, 0.25) is 0 Å². The molecule has 3 aromatic carbocycles. The first-order valence-electron chi connectivity index (χ1n) is 12.5. The molecule has 1 aromatic heterocycles. The van der Waals surface area contributed by atoms with E-state index in [1.165, 1.54) is 0 Å². The average Bonchev–Trinajstić information content (AvgIpc) is 2.88.